The number of aromatic nitrogens is 1. The number of thiazole rings is 1. The lowest BCUT2D eigenvalue weighted by atomic mass is 10.0. The smallest absolute Gasteiger partial charge is 0.256 e. The summed E-state index contributed by atoms with van der Waals surface area (Å²) in [6.07, 6.45) is 3.47. The molecule has 0 spiro atoms. The third kappa shape index (κ3) is 5.00. The number of hydrogen-bond donors (Lipinski definition) is 1. The van der Waals surface area contributed by atoms with Crippen LogP contribution in [0.5, 0.6) is 0 Å². The van der Waals surface area contributed by atoms with Gasteiger partial charge in [0.2, 0.25) is 15.9 Å². The van der Waals surface area contributed by atoms with Crippen molar-refractivity contribution in [1.29, 1.82) is 0 Å². The molecule has 0 radical (unpaired) electrons. The quantitative estimate of drug-likeness (QED) is 0.343. The molecule has 39 heavy (non-hydrogen) atoms. The Morgan fingerprint density at radius 2 is 1.69 bits per heavy atom. The number of carbonyl (C=O) groups is 2. The number of hydrogen-bond acceptors (Lipinski definition) is 7. The zero-order valence-electron chi connectivity index (χ0n) is 21.5. The second-order valence-corrected chi connectivity index (χ2v) is 13.9. The second kappa shape index (κ2) is 10.5. The summed E-state index contributed by atoms with van der Waals surface area (Å²) in [7, 11) is -3.57. The molecule has 2 amide bonds. The van der Waals surface area contributed by atoms with Gasteiger partial charge in [-0.2, -0.15) is 4.31 Å². The summed E-state index contributed by atoms with van der Waals surface area (Å²) in [6, 6.07) is 14.1. The molecule has 4 aromatic rings. The van der Waals surface area contributed by atoms with Crippen LogP contribution in [0.1, 0.15) is 47.0 Å². The molecule has 1 N–H and O–H groups in total. The highest BCUT2D eigenvalue weighted by atomic mass is 32.2. The monoisotopic (exact) mass is 580 g/mol. The van der Waals surface area contributed by atoms with Crippen LogP contribution in [0.2, 0.25) is 0 Å². The molecule has 202 valence electrons. The van der Waals surface area contributed by atoms with Gasteiger partial charge in [-0.15, -0.1) is 22.7 Å². The largest absolute Gasteiger partial charge is 0.337 e. The number of rotatable bonds is 5. The Labute approximate surface area is 235 Å². The van der Waals surface area contributed by atoms with Gasteiger partial charge in [0.1, 0.15) is 10.0 Å². The molecule has 6 rings (SSSR count). The highest BCUT2D eigenvalue weighted by molar-refractivity contribution is 7.89. The molecule has 0 saturated carbocycles. The molecule has 8 nitrogen and oxygen atoms in total. The number of thiophene rings is 1. The Morgan fingerprint density at radius 3 is 2.41 bits per heavy atom. The van der Waals surface area contributed by atoms with Crippen LogP contribution >= 0.6 is 22.7 Å². The van der Waals surface area contributed by atoms with Crippen LogP contribution in [-0.4, -0.2) is 54.1 Å². The number of nitrogens with one attached hydrogen (secondary N) is 1. The van der Waals surface area contributed by atoms with Gasteiger partial charge in [-0.1, -0.05) is 18.6 Å². The molecule has 0 aliphatic carbocycles. The van der Waals surface area contributed by atoms with Crippen LogP contribution in [0.4, 0.5) is 5.00 Å². The number of nitrogens with zero attached hydrogens (tertiary/aromatic N) is 3. The first-order chi connectivity index (χ1) is 18.8. The van der Waals surface area contributed by atoms with Crippen molar-refractivity contribution < 1.29 is 18.0 Å². The maximum absolute atomic E-state index is 13.4. The van der Waals surface area contributed by atoms with Crippen LogP contribution in [0.25, 0.3) is 20.8 Å². The molecule has 2 aliphatic heterocycles. The van der Waals surface area contributed by atoms with Crippen LogP contribution in [0.3, 0.4) is 0 Å². The van der Waals surface area contributed by atoms with Crippen molar-refractivity contribution in [3.8, 4) is 10.6 Å². The zero-order chi connectivity index (χ0) is 27.1. The van der Waals surface area contributed by atoms with Gasteiger partial charge in [0.15, 0.2) is 0 Å². The first kappa shape index (κ1) is 26.1. The molecule has 1 saturated heterocycles. The van der Waals surface area contributed by atoms with Crippen molar-refractivity contribution in [2.75, 3.05) is 25.0 Å². The summed E-state index contributed by atoms with van der Waals surface area (Å²) in [4.78, 5) is 33.3. The van der Waals surface area contributed by atoms with Crippen LogP contribution in [-0.2, 0) is 27.8 Å². The number of carbonyl (C=O) groups excluding carboxylic acids is 2. The van der Waals surface area contributed by atoms with Gasteiger partial charge in [-0.05, 0) is 61.2 Å². The second-order valence-electron chi connectivity index (χ2n) is 9.83. The normalized spacial score (nSPS) is 16.3. The average molecular weight is 581 g/mol. The first-order valence-corrected chi connectivity index (χ1v) is 16.1. The summed E-state index contributed by atoms with van der Waals surface area (Å²) >= 11 is 3.06. The number of fused-ring (bicyclic) bond motifs is 2. The molecule has 11 heteroatoms. The molecular formula is C28H28N4O4S3. The van der Waals surface area contributed by atoms with Gasteiger partial charge in [0.05, 0.1) is 21.7 Å². The molecule has 2 aromatic carbocycles. The van der Waals surface area contributed by atoms with Crippen molar-refractivity contribution in [1.82, 2.24) is 14.2 Å². The van der Waals surface area contributed by atoms with Crippen LogP contribution in [0, 0.1) is 0 Å². The Bertz CT molecular complexity index is 1640. The van der Waals surface area contributed by atoms with Crippen molar-refractivity contribution in [3.05, 3.63) is 64.5 Å². The average Bonchev–Trinajstić information content (AvgIpc) is 3.53. The van der Waals surface area contributed by atoms with Crippen LogP contribution < -0.4 is 5.32 Å². The molecule has 0 unspecified atom stereocenters. The molecule has 0 bridgehead atoms. The maximum Gasteiger partial charge on any atom is 0.256 e. The van der Waals surface area contributed by atoms with Gasteiger partial charge < -0.3 is 10.2 Å². The van der Waals surface area contributed by atoms with E-state index in [-0.39, 0.29) is 16.7 Å². The van der Waals surface area contributed by atoms with Gasteiger partial charge in [0, 0.05) is 42.6 Å². The fourth-order valence-corrected chi connectivity index (χ4v) is 9.06. The standard InChI is InChI=1S/C28H28N4O4S3/c1-18(33)31-16-13-21-24(17-31)38-28(25(21)27-29-22-7-3-4-8-23(22)37-27)30-26(34)19-9-11-20(12-10-19)39(35,36)32-14-5-2-6-15-32/h3-4,7-12H,2,5-6,13-17H2,1H3,(H,30,34). The van der Waals surface area contributed by atoms with E-state index in [0.717, 1.165) is 50.5 Å². The summed E-state index contributed by atoms with van der Waals surface area (Å²) < 4.78 is 28.6. The number of sulfonamides is 1. The minimum absolute atomic E-state index is 0.0285. The summed E-state index contributed by atoms with van der Waals surface area (Å²) in [5.41, 5.74) is 3.31. The topological polar surface area (TPSA) is 99.7 Å². The number of amides is 2. The Balaban J connectivity index is 1.31. The van der Waals surface area contributed by atoms with Crippen LogP contribution in [0.15, 0.2) is 53.4 Å². The summed E-state index contributed by atoms with van der Waals surface area (Å²) in [5.74, 6) is -0.290. The van der Waals surface area contributed by atoms with Gasteiger partial charge in [0.25, 0.3) is 5.91 Å². The maximum atomic E-state index is 13.4. The van der Waals surface area contributed by atoms with E-state index < -0.39 is 10.0 Å². The third-order valence-corrected chi connectivity index (χ3v) is 11.4. The number of anilines is 1. The summed E-state index contributed by atoms with van der Waals surface area (Å²) in [5, 5.41) is 4.61. The number of piperidine rings is 1. The van der Waals surface area contributed by atoms with Crippen molar-refractivity contribution in [2.45, 2.75) is 44.0 Å². The molecule has 1 fully saturated rings. The fourth-order valence-electron chi connectivity index (χ4n) is 5.17. The molecule has 4 heterocycles. The lowest BCUT2D eigenvalue weighted by molar-refractivity contribution is -0.129. The zero-order valence-corrected chi connectivity index (χ0v) is 23.9. The fraction of sp³-hybridized carbons (Fsp3) is 0.321. The molecule has 2 aliphatic rings. The van der Waals surface area contributed by atoms with Gasteiger partial charge in [-0.3, -0.25) is 9.59 Å². The van der Waals surface area contributed by atoms with E-state index in [0.29, 0.717) is 43.2 Å². The van der Waals surface area contributed by atoms with E-state index in [9.17, 15) is 18.0 Å². The summed E-state index contributed by atoms with van der Waals surface area (Å²) in [6.45, 7) is 3.76. The van der Waals surface area contributed by atoms with E-state index in [4.69, 9.17) is 4.98 Å². The molecular weight excluding hydrogens is 553 g/mol. The van der Waals surface area contributed by atoms with Crippen molar-refractivity contribution >= 4 is 59.7 Å². The Hall–Kier alpha value is -3.12. The SMILES string of the molecule is CC(=O)N1CCc2c(sc(NC(=O)c3ccc(S(=O)(=O)N4CCCCC4)cc3)c2-c2nc3ccccc3s2)C1. The number of para-hydroxylation sites is 1. The highest BCUT2D eigenvalue weighted by Gasteiger charge is 2.29. The lowest BCUT2D eigenvalue weighted by Crippen LogP contribution is -2.35. The van der Waals surface area contributed by atoms with E-state index in [2.05, 4.69) is 5.32 Å². The van der Waals surface area contributed by atoms with E-state index >= 15 is 0 Å². The first-order valence-electron chi connectivity index (χ1n) is 13.0. The predicted molar refractivity (Wildman–Crippen MR) is 155 cm³/mol. The van der Waals surface area contributed by atoms with Crippen molar-refractivity contribution in [2.24, 2.45) is 0 Å². The van der Waals surface area contributed by atoms with E-state index in [1.165, 1.54) is 27.8 Å². The minimum atomic E-state index is -3.57. The third-order valence-electron chi connectivity index (χ3n) is 7.31. The molecule has 0 atom stereocenters. The van der Waals surface area contributed by atoms with E-state index in [1.807, 2.05) is 29.2 Å². The highest BCUT2D eigenvalue weighted by Crippen LogP contribution is 2.45. The minimum Gasteiger partial charge on any atom is -0.337 e. The lowest BCUT2D eigenvalue weighted by Gasteiger charge is -2.26. The van der Waals surface area contributed by atoms with E-state index in [1.54, 1.807) is 30.4 Å². The predicted octanol–water partition coefficient (Wildman–Crippen LogP) is 5.36. The Kier molecular flexibility index (Phi) is 7.00. The molecule has 2 aromatic heterocycles. The van der Waals surface area contributed by atoms with Crippen molar-refractivity contribution in [3.63, 3.8) is 0 Å². The Morgan fingerprint density at radius 1 is 0.949 bits per heavy atom. The van der Waals surface area contributed by atoms with Gasteiger partial charge in [-0.25, -0.2) is 13.4 Å². The number of benzene rings is 2. The van der Waals surface area contributed by atoms with Gasteiger partial charge >= 0.3 is 0 Å².